The third-order valence-corrected chi connectivity index (χ3v) is 1.44. The van der Waals surface area contributed by atoms with E-state index in [9.17, 15) is 0 Å². The fraction of sp³-hybridized carbons (Fsp3) is 0.444. The predicted molar refractivity (Wildman–Crippen MR) is 49.3 cm³/mol. The molecule has 3 heteroatoms. The molecular formula is C9H14N2O. The minimum atomic E-state index is 0.0826. The van der Waals surface area contributed by atoms with Crippen LogP contribution in [0.25, 0.3) is 0 Å². The van der Waals surface area contributed by atoms with Gasteiger partial charge in [0.25, 0.3) is 0 Å². The van der Waals surface area contributed by atoms with Crippen molar-refractivity contribution >= 4 is 5.69 Å². The normalized spacial score (nSPS) is 18.1. The Morgan fingerprint density at radius 3 is 2.92 bits per heavy atom. The number of nitrogens with zero attached hydrogens (tertiary/aromatic N) is 1. The van der Waals surface area contributed by atoms with E-state index in [0.29, 0.717) is 0 Å². The van der Waals surface area contributed by atoms with Crippen molar-refractivity contribution in [1.82, 2.24) is 4.98 Å². The monoisotopic (exact) mass is 166 g/mol. The maximum atomic E-state index is 5.36. The summed E-state index contributed by atoms with van der Waals surface area (Å²) in [6.45, 7) is 5.96. The first-order valence-corrected chi connectivity index (χ1v) is 4.23. The second-order valence-corrected chi connectivity index (χ2v) is 2.28. The van der Waals surface area contributed by atoms with Crippen LogP contribution >= 0.6 is 0 Å². The van der Waals surface area contributed by atoms with Crippen molar-refractivity contribution in [3.05, 3.63) is 18.5 Å². The predicted octanol–water partition coefficient (Wildman–Crippen LogP) is 2.26. The molecule has 1 unspecified atom stereocenters. The van der Waals surface area contributed by atoms with E-state index in [1.54, 1.807) is 12.4 Å². The molecule has 1 atom stereocenters. The van der Waals surface area contributed by atoms with Gasteiger partial charge in [0.1, 0.15) is 5.75 Å². The molecule has 0 spiro atoms. The molecule has 66 valence electrons. The van der Waals surface area contributed by atoms with Crippen molar-refractivity contribution in [2.45, 2.75) is 27.0 Å². The maximum Gasteiger partial charge on any atom is 0.167 e. The molecule has 1 aromatic heterocycles. The average Bonchev–Trinajstić information content (AvgIpc) is 2.48. The lowest BCUT2D eigenvalue weighted by Gasteiger charge is -2.00. The largest absolute Gasteiger partial charge is 0.469 e. The lowest BCUT2D eigenvalue weighted by molar-refractivity contribution is 0.275. The number of nitrogens with one attached hydrogen (secondary N) is 1. The average molecular weight is 166 g/mol. The van der Waals surface area contributed by atoms with Crippen LogP contribution in [0.5, 0.6) is 5.75 Å². The molecule has 0 saturated heterocycles. The minimum Gasteiger partial charge on any atom is -0.469 e. The fourth-order valence-electron chi connectivity index (χ4n) is 1.03. The Kier molecular flexibility index (Phi) is 2.91. The first-order chi connectivity index (χ1) is 5.86. The third-order valence-electron chi connectivity index (χ3n) is 1.44. The minimum absolute atomic E-state index is 0.0826. The van der Waals surface area contributed by atoms with Gasteiger partial charge < -0.3 is 10.1 Å². The summed E-state index contributed by atoms with van der Waals surface area (Å²) >= 11 is 0. The maximum absolute atomic E-state index is 5.36. The molecule has 3 nitrogen and oxygen atoms in total. The van der Waals surface area contributed by atoms with Gasteiger partial charge in [0, 0.05) is 12.3 Å². The molecular weight excluding hydrogens is 152 g/mol. The van der Waals surface area contributed by atoms with Gasteiger partial charge in [0.2, 0.25) is 0 Å². The molecule has 0 amide bonds. The molecule has 2 heterocycles. The molecule has 12 heavy (non-hydrogen) atoms. The van der Waals surface area contributed by atoms with Gasteiger partial charge in [0.15, 0.2) is 6.23 Å². The summed E-state index contributed by atoms with van der Waals surface area (Å²) in [5.41, 5.74) is 0.981. The lowest BCUT2D eigenvalue weighted by Crippen LogP contribution is -2.13. The molecule has 0 fully saturated rings. The Labute approximate surface area is 72.8 Å². The smallest absolute Gasteiger partial charge is 0.167 e. The Morgan fingerprint density at radius 1 is 1.50 bits per heavy atom. The lowest BCUT2D eigenvalue weighted by atomic mass is 10.4. The number of hydrogen-bond acceptors (Lipinski definition) is 3. The Bertz CT molecular complexity index is 225. The van der Waals surface area contributed by atoms with E-state index in [-0.39, 0.29) is 6.23 Å². The van der Waals surface area contributed by atoms with Crippen LogP contribution in [-0.2, 0) is 0 Å². The molecule has 1 N–H and O–H groups in total. The van der Waals surface area contributed by atoms with E-state index >= 15 is 0 Å². The highest BCUT2D eigenvalue weighted by Crippen LogP contribution is 2.29. The third kappa shape index (κ3) is 1.67. The van der Waals surface area contributed by atoms with E-state index in [4.69, 9.17) is 4.74 Å². The first kappa shape index (κ1) is 8.84. The summed E-state index contributed by atoms with van der Waals surface area (Å²) < 4.78 is 5.36. The number of ether oxygens (including phenoxy) is 1. The van der Waals surface area contributed by atoms with Crippen LogP contribution < -0.4 is 10.1 Å². The summed E-state index contributed by atoms with van der Waals surface area (Å²) in [6, 6.07) is 1.85. The van der Waals surface area contributed by atoms with Crippen LogP contribution in [0, 0.1) is 0 Å². The van der Waals surface area contributed by atoms with Crippen LogP contribution in [0.15, 0.2) is 18.5 Å². The van der Waals surface area contributed by atoms with E-state index in [2.05, 4.69) is 10.3 Å². The fourth-order valence-corrected chi connectivity index (χ4v) is 1.03. The zero-order valence-corrected chi connectivity index (χ0v) is 7.66. The van der Waals surface area contributed by atoms with Crippen LogP contribution in [0.2, 0.25) is 0 Å². The SMILES string of the molecule is CC.CC1Nc2cnccc2O1. The number of pyridine rings is 1. The van der Waals surface area contributed by atoms with E-state index in [1.165, 1.54) is 0 Å². The van der Waals surface area contributed by atoms with Gasteiger partial charge in [-0.25, -0.2) is 0 Å². The highest BCUT2D eigenvalue weighted by atomic mass is 16.5. The van der Waals surface area contributed by atoms with Crippen molar-refractivity contribution in [1.29, 1.82) is 0 Å². The number of hydrogen-bond donors (Lipinski definition) is 1. The van der Waals surface area contributed by atoms with Crippen molar-refractivity contribution in [3.63, 3.8) is 0 Å². The van der Waals surface area contributed by atoms with Crippen LogP contribution in [0.4, 0.5) is 5.69 Å². The van der Waals surface area contributed by atoms with Crippen molar-refractivity contribution in [2.75, 3.05) is 5.32 Å². The van der Waals surface area contributed by atoms with Crippen LogP contribution in [-0.4, -0.2) is 11.2 Å². The van der Waals surface area contributed by atoms with Gasteiger partial charge in [0.05, 0.1) is 11.9 Å². The van der Waals surface area contributed by atoms with Crippen molar-refractivity contribution in [3.8, 4) is 5.75 Å². The van der Waals surface area contributed by atoms with E-state index in [0.717, 1.165) is 11.4 Å². The zero-order chi connectivity index (χ0) is 8.97. The Balaban J connectivity index is 0.000000336. The summed E-state index contributed by atoms with van der Waals surface area (Å²) in [5, 5.41) is 3.11. The number of rotatable bonds is 0. The van der Waals surface area contributed by atoms with E-state index < -0.39 is 0 Å². The molecule has 2 rings (SSSR count). The van der Waals surface area contributed by atoms with Crippen molar-refractivity contribution in [2.24, 2.45) is 0 Å². The molecule has 1 aromatic rings. The van der Waals surface area contributed by atoms with Gasteiger partial charge in [-0.05, 0) is 6.92 Å². The Hall–Kier alpha value is -1.25. The molecule has 1 aliphatic rings. The molecule has 0 radical (unpaired) electrons. The highest BCUT2D eigenvalue weighted by molar-refractivity contribution is 5.57. The van der Waals surface area contributed by atoms with E-state index in [1.807, 2.05) is 26.8 Å². The van der Waals surface area contributed by atoms with Crippen LogP contribution in [0.1, 0.15) is 20.8 Å². The number of fused-ring (bicyclic) bond motifs is 1. The molecule has 0 aliphatic carbocycles. The molecule has 0 aromatic carbocycles. The summed E-state index contributed by atoms with van der Waals surface area (Å²) in [7, 11) is 0. The van der Waals surface area contributed by atoms with Crippen LogP contribution in [0.3, 0.4) is 0 Å². The topological polar surface area (TPSA) is 34.2 Å². The zero-order valence-electron chi connectivity index (χ0n) is 7.66. The van der Waals surface area contributed by atoms with Gasteiger partial charge in [-0.1, -0.05) is 13.8 Å². The Morgan fingerprint density at radius 2 is 2.25 bits per heavy atom. The van der Waals surface area contributed by atoms with Gasteiger partial charge in [-0.15, -0.1) is 0 Å². The standard InChI is InChI=1S/C7H8N2O.C2H6/c1-5-9-6-4-8-3-2-7(6)10-5;1-2/h2-5,9H,1H3;1-2H3. The molecule has 1 aliphatic heterocycles. The van der Waals surface area contributed by atoms with Gasteiger partial charge in [-0.2, -0.15) is 0 Å². The molecule has 0 saturated carbocycles. The number of aromatic nitrogens is 1. The summed E-state index contributed by atoms with van der Waals surface area (Å²) in [5.74, 6) is 0.891. The van der Waals surface area contributed by atoms with Gasteiger partial charge in [-0.3, -0.25) is 4.98 Å². The summed E-state index contributed by atoms with van der Waals surface area (Å²) in [6.07, 6.45) is 3.57. The van der Waals surface area contributed by atoms with Gasteiger partial charge >= 0.3 is 0 Å². The number of anilines is 1. The van der Waals surface area contributed by atoms with Crippen molar-refractivity contribution < 1.29 is 4.74 Å². The quantitative estimate of drug-likeness (QED) is 0.642. The summed E-state index contributed by atoms with van der Waals surface area (Å²) in [4.78, 5) is 3.95. The second-order valence-electron chi connectivity index (χ2n) is 2.28. The second kappa shape index (κ2) is 3.95. The molecule has 0 bridgehead atoms. The highest BCUT2D eigenvalue weighted by Gasteiger charge is 2.15. The first-order valence-electron chi connectivity index (χ1n) is 4.23.